The summed E-state index contributed by atoms with van der Waals surface area (Å²) in [5, 5.41) is 7.22. The molecule has 0 amide bonds. The van der Waals surface area contributed by atoms with Crippen molar-refractivity contribution >= 4 is 0 Å². The van der Waals surface area contributed by atoms with Gasteiger partial charge in [-0.1, -0.05) is 27.7 Å². The van der Waals surface area contributed by atoms with Gasteiger partial charge in [-0.3, -0.25) is 0 Å². The van der Waals surface area contributed by atoms with Gasteiger partial charge in [0.05, 0.1) is 0 Å². The number of nitrogens with one attached hydrogen (secondary N) is 2. The predicted molar refractivity (Wildman–Crippen MR) is 69.3 cm³/mol. The zero-order valence-electron chi connectivity index (χ0n) is 11.4. The molecule has 0 saturated heterocycles. The molecule has 2 heteroatoms. The first-order valence-electron chi connectivity index (χ1n) is 6.51. The average molecular weight is 214 g/mol. The highest BCUT2D eigenvalue weighted by molar-refractivity contribution is 4.74. The summed E-state index contributed by atoms with van der Waals surface area (Å²) in [7, 11) is 0. The van der Waals surface area contributed by atoms with E-state index in [9.17, 15) is 0 Å². The molecule has 0 aliphatic carbocycles. The van der Waals surface area contributed by atoms with Crippen LogP contribution < -0.4 is 10.6 Å². The van der Waals surface area contributed by atoms with E-state index in [2.05, 4.69) is 52.2 Å². The van der Waals surface area contributed by atoms with Gasteiger partial charge in [0.15, 0.2) is 0 Å². The van der Waals surface area contributed by atoms with E-state index < -0.39 is 0 Å². The zero-order chi connectivity index (χ0) is 11.8. The highest BCUT2D eigenvalue weighted by atomic mass is 15.0. The van der Waals surface area contributed by atoms with E-state index >= 15 is 0 Å². The maximum absolute atomic E-state index is 3.68. The van der Waals surface area contributed by atoms with Crippen LogP contribution in [0.1, 0.15) is 60.8 Å². The molecule has 2 atom stereocenters. The first-order chi connectivity index (χ1) is 6.99. The van der Waals surface area contributed by atoms with Crippen LogP contribution in [0.4, 0.5) is 0 Å². The third kappa shape index (κ3) is 7.80. The first kappa shape index (κ1) is 14.9. The van der Waals surface area contributed by atoms with Crippen molar-refractivity contribution in [2.24, 2.45) is 0 Å². The Labute approximate surface area is 96.2 Å². The molecule has 2 nitrogen and oxygen atoms in total. The Kier molecular flexibility index (Phi) is 8.07. The highest BCUT2D eigenvalue weighted by Gasteiger charge is 2.12. The minimum atomic E-state index is 0.584. The lowest BCUT2D eigenvalue weighted by Crippen LogP contribution is -2.41. The fourth-order valence-corrected chi connectivity index (χ4v) is 2.16. The van der Waals surface area contributed by atoms with Crippen LogP contribution in [0, 0.1) is 0 Å². The molecule has 0 spiro atoms. The van der Waals surface area contributed by atoms with E-state index in [0.29, 0.717) is 24.2 Å². The van der Waals surface area contributed by atoms with Crippen molar-refractivity contribution in [2.75, 3.05) is 0 Å². The summed E-state index contributed by atoms with van der Waals surface area (Å²) in [5.74, 6) is 0. The van der Waals surface area contributed by atoms with Crippen LogP contribution >= 0.6 is 0 Å². The van der Waals surface area contributed by atoms with Crippen LogP contribution in [0.15, 0.2) is 0 Å². The fourth-order valence-electron chi connectivity index (χ4n) is 2.16. The molecule has 0 aliphatic heterocycles. The maximum Gasteiger partial charge on any atom is 0.00642 e. The molecular weight excluding hydrogens is 184 g/mol. The van der Waals surface area contributed by atoms with Crippen molar-refractivity contribution in [3.8, 4) is 0 Å². The number of rotatable bonds is 8. The van der Waals surface area contributed by atoms with Gasteiger partial charge in [-0.25, -0.2) is 0 Å². The molecule has 2 N–H and O–H groups in total. The second-order valence-corrected chi connectivity index (χ2v) is 5.04. The molecule has 0 aliphatic rings. The third-order valence-electron chi connectivity index (χ3n) is 2.83. The van der Waals surface area contributed by atoms with Crippen LogP contribution in [0.2, 0.25) is 0 Å². The highest BCUT2D eigenvalue weighted by Crippen LogP contribution is 2.03. The summed E-state index contributed by atoms with van der Waals surface area (Å²) in [6.45, 7) is 13.5. The van der Waals surface area contributed by atoms with E-state index in [1.807, 2.05) is 0 Å². The molecule has 0 fully saturated rings. The van der Waals surface area contributed by atoms with Crippen LogP contribution in [-0.2, 0) is 0 Å². The molecule has 0 bridgehead atoms. The quantitative estimate of drug-likeness (QED) is 0.649. The molecular formula is C13H30N2. The lowest BCUT2D eigenvalue weighted by Gasteiger charge is -2.25. The minimum absolute atomic E-state index is 0.584. The summed E-state index contributed by atoms with van der Waals surface area (Å²) in [6.07, 6.45) is 3.66. The first-order valence-corrected chi connectivity index (χ1v) is 6.51. The fraction of sp³-hybridized carbons (Fsp3) is 1.00. The number of hydrogen-bond acceptors (Lipinski definition) is 2. The van der Waals surface area contributed by atoms with Crippen LogP contribution in [0.25, 0.3) is 0 Å². The average Bonchev–Trinajstić information content (AvgIpc) is 2.12. The van der Waals surface area contributed by atoms with Crippen molar-refractivity contribution in [2.45, 2.75) is 85.0 Å². The van der Waals surface area contributed by atoms with E-state index in [1.54, 1.807) is 0 Å². The predicted octanol–water partition coefficient (Wildman–Crippen LogP) is 2.93. The van der Waals surface area contributed by atoms with Gasteiger partial charge in [-0.15, -0.1) is 0 Å². The Morgan fingerprint density at radius 2 is 1.27 bits per heavy atom. The van der Waals surface area contributed by atoms with Gasteiger partial charge >= 0.3 is 0 Å². The molecule has 0 heterocycles. The van der Waals surface area contributed by atoms with Crippen LogP contribution in [0.5, 0.6) is 0 Å². The minimum Gasteiger partial charge on any atom is -0.312 e. The third-order valence-corrected chi connectivity index (χ3v) is 2.83. The lowest BCUT2D eigenvalue weighted by molar-refractivity contribution is 0.361. The summed E-state index contributed by atoms with van der Waals surface area (Å²) in [4.78, 5) is 0. The molecule has 0 radical (unpaired) electrons. The Balaban J connectivity index is 3.76. The molecule has 15 heavy (non-hydrogen) atoms. The van der Waals surface area contributed by atoms with Crippen molar-refractivity contribution < 1.29 is 0 Å². The second-order valence-electron chi connectivity index (χ2n) is 5.04. The van der Waals surface area contributed by atoms with Crippen LogP contribution in [0.3, 0.4) is 0 Å². The zero-order valence-corrected chi connectivity index (χ0v) is 11.4. The molecule has 0 rings (SSSR count). The van der Waals surface area contributed by atoms with Gasteiger partial charge in [-0.2, -0.15) is 0 Å². The maximum atomic E-state index is 3.68. The molecule has 0 saturated carbocycles. The van der Waals surface area contributed by atoms with Crippen LogP contribution in [-0.4, -0.2) is 24.2 Å². The Morgan fingerprint density at radius 1 is 0.800 bits per heavy atom. The van der Waals surface area contributed by atoms with Crippen molar-refractivity contribution in [3.63, 3.8) is 0 Å². The summed E-state index contributed by atoms with van der Waals surface area (Å²) < 4.78 is 0. The van der Waals surface area contributed by atoms with Gasteiger partial charge in [0, 0.05) is 24.2 Å². The van der Waals surface area contributed by atoms with Crippen molar-refractivity contribution in [1.29, 1.82) is 0 Å². The Bertz CT molecular complexity index is 141. The molecule has 0 aromatic rings. The largest absolute Gasteiger partial charge is 0.312 e. The monoisotopic (exact) mass is 214 g/mol. The Hall–Kier alpha value is -0.0800. The molecule has 2 unspecified atom stereocenters. The molecule has 0 aromatic heterocycles. The summed E-state index contributed by atoms with van der Waals surface area (Å²) in [6, 6.07) is 2.48. The SMILES string of the molecule is CCC(CC)NC(C)CC(C)NC(C)C. The van der Waals surface area contributed by atoms with E-state index in [-0.39, 0.29) is 0 Å². The van der Waals surface area contributed by atoms with Gasteiger partial charge in [0.25, 0.3) is 0 Å². The smallest absolute Gasteiger partial charge is 0.00642 e. The Morgan fingerprint density at radius 3 is 1.67 bits per heavy atom. The van der Waals surface area contributed by atoms with E-state index in [0.717, 1.165) is 0 Å². The number of hydrogen-bond donors (Lipinski definition) is 2. The second kappa shape index (κ2) is 8.12. The molecule has 92 valence electrons. The normalized spacial score (nSPS) is 16.0. The van der Waals surface area contributed by atoms with Crippen molar-refractivity contribution in [3.05, 3.63) is 0 Å². The molecule has 0 aromatic carbocycles. The van der Waals surface area contributed by atoms with E-state index in [1.165, 1.54) is 19.3 Å². The van der Waals surface area contributed by atoms with Gasteiger partial charge < -0.3 is 10.6 Å². The lowest BCUT2D eigenvalue weighted by atomic mass is 10.1. The van der Waals surface area contributed by atoms with Gasteiger partial charge in [0.1, 0.15) is 0 Å². The van der Waals surface area contributed by atoms with Gasteiger partial charge in [0.2, 0.25) is 0 Å². The standard InChI is InChI=1S/C13H30N2/c1-7-13(8-2)15-12(6)9-11(5)14-10(3)4/h10-15H,7-9H2,1-6H3. The summed E-state index contributed by atoms with van der Waals surface area (Å²) in [5.41, 5.74) is 0. The van der Waals surface area contributed by atoms with Crippen molar-refractivity contribution in [1.82, 2.24) is 10.6 Å². The topological polar surface area (TPSA) is 24.1 Å². The van der Waals surface area contributed by atoms with Gasteiger partial charge in [-0.05, 0) is 33.1 Å². The van der Waals surface area contributed by atoms with E-state index in [4.69, 9.17) is 0 Å². The summed E-state index contributed by atoms with van der Waals surface area (Å²) >= 11 is 0.